The van der Waals surface area contributed by atoms with Crippen LogP contribution in [0.25, 0.3) is 0 Å². The third kappa shape index (κ3) is 1.30. The third-order valence-corrected chi connectivity index (χ3v) is 4.61. The van der Waals surface area contributed by atoms with Gasteiger partial charge in [0.05, 0.1) is 0 Å². The first-order chi connectivity index (χ1) is 5.73. The van der Waals surface area contributed by atoms with Crippen molar-refractivity contribution in [2.45, 2.75) is 58.8 Å². The number of rotatable bonds is 1. The summed E-state index contributed by atoms with van der Waals surface area (Å²) in [5, 5.41) is 0. The molecule has 0 aromatic heterocycles. The average molecular weight is 166 g/mol. The van der Waals surface area contributed by atoms with E-state index in [9.17, 15) is 0 Å². The maximum absolute atomic E-state index is 2.44. The Morgan fingerprint density at radius 2 is 1.67 bits per heavy atom. The Balaban J connectivity index is 2.14. The van der Waals surface area contributed by atoms with Gasteiger partial charge in [0.2, 0.25) is 0 Å². The molecule has 3 aliphatic carbocycles. The van der Waals surface area contributed by atoms with Gasteiger partial charge in [-0.3, -0.25) is 0 Å². The molecule has 0 saturated heterocycles. The van der Waals surface area contributed by atoms with Crippen LogP contribution in [-0.2, 0) is 0 Å². The van der Waals surface area contributed by atoms with Crippen molar-refractivity contribution >= 4 is 0 Å². The lowest BCUT2D eigenvalue weighted by molar-refractivity contribution is 0.106. The van der Waals surface area contributed by atoms with Gasteiger partial charge in [-0.2, -0.15) is 0 Å². The van der Waals surface area contributed by atoms with Crippen LogP contribution in [0.3, 0.4) is 0 Å². The molecule has 0 aromatic carbocycles. The van der Waals surface area contributed by atoms with E-state index < -0.39 is 0 Å². The van der Waals surface area contributed by atoms with Crippen LogP contribution >= 0.6 is 0 Å². The van der Waals surface area contributed by atoms with Gasteiger partial charge in [0.25, 0.3) is 0 Å². The first-order valence-corrected chi connectivity index (χ1v) is 5.73. The minimum absolute atomic E-state index is 0.771. The van der Waals surface area contributed by atoms with Crippen LogP contribution < -0.4 is 0 Å². The molecule has 3 rings (SSSR count). The Kier molecular flexibility index (Phi) is 2.18. The Morgan fingerprint density at radius 1 is 1.00 bits per heavy atom. The molecule has 2 bridgehead atoms. The molecular formula is C12H22. The highest BCUT2D eigenvalue weighted by molar-refractivity contribution is 4.90. The molecule has 12 heavy (non-hydrogen) atoms. The molecule has 0 aliphatic heterocycles. The van der Waals surface area contributed by atoms with E-state index in [-0.39, 0.29) is 0 Å². The zero-order chi connectivity index (χ0) is 8.60. The summed E-state index contributed by atoms with van der Waals surface area (Å²) in [6.45, 7) is 4.87. The summed E-state index contributed by atoms with van der Waals surface area (Å²) in [5.74, 6) is 2.04. The molecule has 0 unspecified atom stereocenters. The van der Waals surface area contributed by atoms with Crippen LogP contribution in [0.4, 0.5) is 0 Å². The molecule has 0 radical (unpaired) electrons. The minimum atomic E-state index is 0.771. The van der Waals surface area contributed by atoms with Gasteiger partial charge in [0.15, 0.2) is 0 Å². The largest absolute Gasteiger partial charge is 0.0622 e. The first kappa shape index (κ1) is 8.59. The summed E-state index contributed by atoms with van der Waals surface area (Å²) in [4.78, 5) is 0. The summed E-state index contributed by atoms with van der Waals surface area (Å²) in [6, 6.07) is 0. The average Bonchev–Trinajstić information content (AvgIpc) is 2.37. The molecule has 0 aromatic rings. The highest BCUT2D eigenvalue weighted by Crippen LogP contribution is 2.51. The van der Waals surface area contributed by atoms with Crippen molar-refractivity contribution < 1.29 is 0 Å². The fraction of sp³-hybridized carbons (Fsp3) is 1.00. The molecule has 3 saturated carbocycles. The van der Waals surface area contributed by atoms with Crippen LogP contribution in [0.15, 0.2) is 0 Å². The predicted molar refractivity (Wildman–Crippen MR) is 53.1 cm³/mol. The quantitative estimate of drug-likeness (QED) is 0.552. The lowest BCUT2D eigenvalue weighted by Gasteiger charge is -2.40. The molecule has 0 N–H and O–H groups in total. The molecule has 0 amide bonds. The van der Waals surface area contributed by atoms with E-state index in [0.29, 0.717) is 0 Å². The summed E-state index contributed by atoms with van der Waals surface area (Å²) in [5.41, 5.74) is 0.771. The van der Waals surface area contributed by atoms with Crippen LogP contribution in [0.2, 0.25) is 0 Å². The van der Waals surface area contributed by atoms with E-state index in [4.69, 9.17) is 0 Å². The van der Waals surface area contributed by atoms with Crippen molar-refractivity contribution in [2.75, 3.05) is 0 Å². The smallest absolute Gasteiger partial charge is 0.0274 e. The number of hydrogen-bond acceptors (Lipinski definition) is 0. The molecule has 70 valence electrons. The highest BCUT2D eigenvalue weighted by Gasteiger charge is 2.39. The highest BCUT2D eigenvalue weighted by atomic mass is 14.4. The fourth-order valence-corrected chi connectivity index (χ4v) is 3.40. The summed E-state index contributed by atoms with van der Waals surface area (Å²) in [6.07, 6.45) is 10.7. The van der Waals surface area contributed by atoms with Gasteiger partial charge >= 0.3 is 0 Å². The van der Waals surface area contributed by atoms with Gasteiger partial charge in [0.1, 0.15) is 0 Å². The summed E-state index contributed by atoms with van der Waals surface area (Å²) < 4.78 is 0. The molecule has 3 fully saturated rings. The molecule has 0 heterocycles. The van der Waals surface area contributed by atoms with Crippen LogP contribution in [0, 0.1) is 17.3 Å². The fourth-order valence-electron chi connectivity index (χ4n) is 3.40. The Bertz CT molecular complexity index is 144. The van der Waals surface area contributed by atoms with Crippen molar-refractivity contribution in [3.05, 3.63) is 0 Å². The minimum Gasteiger partial charge on any atom is -0.0622 e. The summed E-state index contributed by atoms with van der Waals surface area (Å²) in [7, 11) is 0. The standard InChI is InChI=1S/C12H22/c1-10(2)12-7-3-4-11(5-8-12)6-9-12/h10-11H,3-9H2,1-2H3. The van der Waals surface area contributed by atoms with Crippen LogP contribution in [0.1, 0.15) is 58.8 Å². The molecule has 0 nitrogen and oxygen atoms in total. The normalized spacial score (nSPS) is 41.8. The van der Waals surface area contributed by atoms with Crippen LogP contribution in [0.5, 0.6) is 0 Å². The number of fused-ring (bicyclic) bond motifs is 4. The van der Waals surface area contributed by atoms with Crippen molar-refractivity contribution in [1.29, 1.82) is 0 Å². The van der Waals surface area contributed by atoms with Crippen LogP contribution in [-0.4, -0.2) is 0 Å². The lowest BCUT2D eigenvalue weighted by Crippen LogP contribution is -2.29. The first-order valence-electron chi connectivity index (χ1n) is 5.73. The molecule has 0 heteroatoms. The van der Waals surface area contributed by atoms with Gasteiger partial charge in [-0.25, -0.2) is 0 Å². The Labute approximate surface area is 76.7 Å². The van der Waals surface area contributed by atoms with E-state index in [1.807, 2.05) is 0 Å². The second-order valence-electron chi connectivity index (χ2n) is 5.35. The lowest BCUT2D eigenvalue weighted by atomic mass is 9.65. The zero-order valence-electron chi connectivity index (χ0n) is 8.60. The molecule has 3 aliphatic rings. The van der Waals surface area contributed by atoms with Crippen molar-refractivity contribution in [3.63, 3.8) is 0 Å². The molecule has 0 atom stereocenters. The van der Waals surface area contributed by atoms with Gasteiger partial charge < -0.3 is 0 Å². The summed E-state index contributed by atoms with van der Waals surface area (Å²) >= 11 is 0. The maximum atomic E-state index is 2.44. The van der Waals surface area contributed by atoms with E-state index in [0.717, 1.165) is 17.3 Å². The molecule has 0 spiro atoms. The van der Waals surface area contributed by atoms with Crippen molar-refractivity contribution in [2.24, 2.45) is 17.3 Å². The van der Waals surface area contributed by atoms with Gasteiger partial charge in [0, 0.05) is 0 Å². The maximum Gasteiger partial charge on any atom is -0.0274 e. The second kappa shape index (κ2) is 3.05. The SMILES string of the molecule is CC(C)C12CCCC(CC1)CC2. The Morgan fingerprint density at radius 3 is 2.25 bits per heavy atom. The van der Waals surface area contributed by atoms with E-state index >= 15 is 0 Å². The topological polar surface area (TPSA) is 0 Å². The predicted octanol–water partition coefficient (Wildman–Crippen LogP) is 4.00. The van der Waals surface area contributed by atoms with E-state index in [1.165, 1.54) is 44.9 Å². The number of hydrogen-bond donors (Lipinski definition) is 0. The third-order valence-electron chi connectivity index (χ3n) is 4.61. The zero-order valence-corrected chi connectivity index (χ0v) is 8.60. The van der Waals surface area contributed by atoms with Gasteiger partial charge in [-0.1, -0.05) is 26.7 Å². The second-order valence-corrected chi connectivity index (χ2v) is 5.35. The molecular weight excluding hydrogens is 144 g/mol. The van der Waals surface area contributed by atoms with Gasteiger partial charge in [-0.05, 0) is 49.4 Å². The monoisotopic (exact) mass is 166 g/mol. The van der Waals surface area contributed by atoms with Crippen molar-refractivity contribution in [1.82, 2.24) is 0 Å². The Hall–Kier alpha value is 0. The van der Waals surface area contributed by atoms with E-state index in [1.54, 1.807) is 0 Å². The van der Waals surface area contributed by atoms with Gasteiger partial charge in [-0.15, -0.1) is 0 Å². The van der Waals surface area contributed by atoms with E-state index in [2.05, 4.69) is 13.8 Å². The van der Waals surface area contributed by atoms with Crippen molar-refractivity contribution in [3.8, 4) is 0 Å².